The molecule has 0 aromatic heterocycles. The van der Waals surface area contributed by atoms with Gasteiger partial charge in [-0.05, 0) is 6.08 Å². The molecule has 1 aliphatic heterocycles. The van der Waals surface area contributed by atoms with Crippen molar-refractivity contribution < 1.29 is 0 Å². The molecule has 0 aromatic carbocycles. The third-order valence-electron chi connectivity index (χ3n) is 0.852. The van der Waals surface area contributed by atoms with Gasteiger partial charge in [0, 0.05) is 0 Å². The van der Waals surface area contributed by atoms with Crippen molar-refractivity contribution in [2.45, 2.75) is 4.46 Å². The number of nitrogens with one attached hydrogen (secondary N) is 1. The van der Waals surface area contributed by atoms with Gasteiger partial charge in [-0.1, -0.05) is 35.9 Å². The van der Waals surface area contributed by atoms with E-state index in [0.29, 0.717) is 0 Å². The predicted molar refractivity (Wildman–Crippen MR) is 35.9 cm³/mol. The second-order valence-electron chi connectivity index (χ2n) is 1.52. The fourth-order valence-electron chi connectivity index (χ4n) is 0.402. The van der Waals surface area contributed by atoms with Gasteiger partial charge in [-0.15, -0.1) is 0 Å². The van der Waals surface area contributed by atoms with Gasteiger partial charge >= 0.3 is 0 Å². The molecule has 0 saturated carbocycles. The number of rotatable bonds is 1. The molecule has 44 valence electrons. The standard InChI is InChI=1S/C5H5Cl2N/c1-2-3-4-5(6,7)8-4/h2-3,8H,1H2. The normalized spacial score (nSPS) is 27.0. The predicted octanol–water partition coefficient (Wildman–Crippen LogP) is 1.79. The second kappa shape index (κ2) is 1.67. The van der Waals surface area contributed by atoms with Gasteiger partial charge in [-0.2, -0.15) is 0 Å². The summed E-state index contributed by atoms with van der Waals surface area (Å²) in [7, 11) is 0. The Hall–Kier alpha value is -0.140. The molecule has 0 aromatic rings. The second-order valence-corrected chi connectivity index (χ2v) is 2.84. The minimum atomic E-state index is -0.797. The van der Waals surface area contributed by atoms with Crippen LogP contribution in [0.1, 0.15) is 0 Å². The number of hydrogen-bond donors (Lipinski definition) is 1. The molecule has 1 fully saturated rings. The van der Waals surface area contributed by atoms with E-state index in [9.17, 15) is 0 Å². The van der Waals surface area contributed by atoms with Gasteiger partial charge in [0.05, 0.1) is 5.70 Å². The fraction of sp³-hybridized carbons (Fsp3) is 0.200. The average molecular weight is 150 g/mol. The van der Waals surface area contributed by atoms with Crippen LogP contribution in [0.3, 0.4) is 0 Å². The Morgan fingerprint density at radius 1 is 1.62 bits per heavy atom. The minimum absolute atomic E-state index is 0.797. The van der Waals surface area contributed by atoms with E-state index in [1.807, 2.05) is 0 Å². The lowest BCUT2D eigenvalue weighted by molar-refractivity contribution is 1.23. The van der Waals surface area contributed by atoms with E-state index >= 15 is 0 Å². The van der Waals surface area contributed by atoms with Crippen molar-refractivity contribution >= 4 is 23.2 Å². The molecule has 8 heavy (non-hydrogen) atoms. The van der Waals surface area contributed by atoms with Crippen molar-refractivity contribution in [3.05, 3.63) is 24.4 Å². The Morgan fingerprint density at radius 2 is 2.12 bits per heavy atom. The molecular weight excluding hydrogens is 145 g/mol. The molecule has 3 heteroatoms. The summed E-state index contributed by atoms with van der Waals surface area (Å²) < 4.78 is -0.797. The van der Waals surface area contributed by atoms with Gasteiger partial charge in [0.15, 0.2) is 0 Å². The zero-order valence-corrected chi connectivity index (χ0v) is 5.63. The molecule has 1 nitrogen and oxygen atoms in total. The van der Waals surface area contributed by atoms with Crippen LogP contribution in [0, 0.1) is 0 Å². The maximum absolute atomic E-state index is 5.52. The highest BCUT2D eigenvalue weighted by molar-refractivity contribution is 6.53. The van der Waals surface area contributed by atoms with Crippen LogP contribution in [0.4, 0.5) is 0 Å². The molecule has 1 saturated heterocycles. The van der Waals surface area contributed by atoms with E-state index in [1.54, 1.807) is 12.2 Å². The molecule has 1 rings (SSSR count). The SMILES string of the molecule is C=CC=C1NC1(Cl)Cl. The van der Waals surface area contributed by atoms with Crippen LogP contribution in [-0.2, 0) is 0 Å². The Labute approximate surface area is 58.0 Å². The Kier molecular flexibility index (Phi) is 1.25. The lowest BCUT2D eigenvalue weighted by Gasteiger charge is -1.78. The monoisotopic (exact) mass is 149 g/mol. The Balaban J connectivity index is 2.59. The zero-order valence-electron chi connectivity index (χ0n) is 4.12. The van der Waals surface area contributed by atoms with Crippen molar-refractivity contribution in [1.29, 1.82) is 0 Å². The lowest BCUT2D eigenvalue weighted by Crippen LogP contribution is -1.87. The zero-order chi connectivity index (χ0) is 6.20. The number of halogens is 2. The molecule has 0 spiro atoms. The van der Waals surface area contributed by atoms with E-state index in [0.717, 1.165) is 5.70 Å². The lowest BCUT2D eigenvalue weighted by atomic mass is 10.5. The summed E-state index contributed by atoms with van der Waals surface area (Å²) in [4.78, 5) is 0. The summed E-state index contributed by atoms with van der Waals surface area (Å²) in [5.74, 6) is 0. The molecule has 1 N–H and O–H groups in total. The first-order chi connectivity index (χ1) is 3.67. The van der Waals surface area contributed by atoms with Gasteiger partial charge in [-0.3, -0.25) is 0 Å². The molecule has 0 atom stereocenters. The Bertz CT molecular complexity index is 149. The van der Waals surface area contributed by atoms with Gasteiger partial charge in [0.1, 0.15) is 0 Å². The quantitative estimate of drug-likeness (QED) is 0.343. The average Bonchev–Trinajstić information content (AvgIpc) is 2.15. The van der Waals surface area contributed by atoms with Crippen molar-refractivity contribution in [2.24, 2.45) is 0 Å². The van der Waals surface area contributed by atoms with Crippen LogP contribution in [0.2, 0.25) is 0 Å². The van der Waals surface area contributed by atoms with Crippen LogP contribution in [0.25, 0.3) is 0 Å². The van der Waals surface area contributed by atoms with Crippen LogP contribution in [0.15, 0.2) is 24.4 Å². The highest BCUT2D eigenvalue weighted by Crippen LogP contribution is 2.39. The van der Waals surface area contributed by atoms with Crippen molar-refractivity contribution in [3.8, 4) is 0 Å². The third kappa shape index (κ3) is 0.984. The summed E-state index contributed by atoms with van der Waals surface area (Å²) >= 11 is 11.0. The van der Waals surface area contributed by atoms with E-state index in [-0.39, 0.29) is 0 Å². The first-order valence-electron chi connectivity index (χ1n) is 2.16. The van der Waals surface area contributed by atoms with Gasteiger partial charge in [0.2, 0.25) is 4.46 Å². The van der Waals surface area contributed by atoms with Crippen molar-refractivity contribution in [1.82, 2.24) is 5.32 Å². The number of hydrogen-bond acceptors (Lipinski definition) is 1. The van der Waals surface area contributed by atoms with Gasteiger partial charge < -0.3 is 5.32 Å². The van der Waals surface area contributed by atoms with Crippen molar-refractivity contribution in [2.75, 3.05) is 0 Å². The molecule has 0 amide bonds. The molecule has 0 unspecified atom stereocenters. The molecule has 1 heterocycles. The summed E-state index contributed by atoms with van der Waals surface area (Å²) in [6.45, 7) is 3.47. The maximum Gasteiger partial charge on any atom is 0.228 e. The molecular formula is C5H5Cl2N. The molecule has 0 radical (unpaired) electrons. The largest absolute Gasteiger partial charge is 0.349 e. The summed E-state index contributed by atoms with van der Waals surface area (Å²) in [5, 5.41) is 2.73. The highest BCUT2D eigenvalue weighted by Gasteiger charge is 2.44. The summed E-state index contributed by atoms with van der Waals surface area (Å²) in [6.07, 6.45) is 3.37. The first kappa shape index (κ1) is 5.99. The third-order valence-corrected chi connectivity index (χ3v) is 1.45. The molecule has 0 bridgehead atoms. The fourth-order valence-corrected chi connectivity index (χ4v) is 0.732. The van der Waals surface area contributed by atoms with E-state index < -0.39 is 4.46 Å². The Morgan fingerprint density at radius 3 is 2.25 bits per heavy atom. The smallest absolute Gasteiger partial charge is 0.228 e. The number of allylic oxidation sites excluding steroid dienone is 2. The van der Waals surface area contributed by atoms with E-state index in [1.165, 1.54) is 0 Å². The van der Waals surface area contributed by atoms with Crippen LogP contribution < -0.4 is 5.32 Å². The van der Waals surface area contributed by atoms with Crippen molar-refractivity contribution in [3.63, 3.8) is 0 Å². The van der Waals surface area contributed by atoms with Crippen LogP contribution in [0.5, 0.6) is 0 Å². The topological polar surface area (TPSA) is 21.9 Å². The number of alkyl halides is 2. The first-order valence-corrected chi connectivity index (χ1v) is 2.91. The highest BCUT2D eigenvalue weighted by atomic mass is 35.5. The molecule has 0 aliphatic carbocycles. The van der Waals surface area contributed by atoms with Crippen LogP contribution >= 0.6 is 23.2 Å². The minimum Gasteiger partial charge on any atom is -0.349 e. The maximum atomic E-state index is 5.52. The summed E-state index contributed by atoms with van der Waals surface area (Å²) in [6, 6.07) is 0. The van der Waals surface area contributed by atoms with E-state index in [4.69, 9.17) is 23.2 Å². The summed E-state index contributed by atoms with van der Waals surface area (Å²) in [5.41, 5.74) is 0.816. The van der Waals surface area contributed by atoms with Gasteiger partial charge in [-0.25, -0.2) is 0 Å². The van der Waals surface area contributed by atoms with E-state index in [2.05, 4.69) is 11.9 Å². The van der Waals surface area contributed by atoms with Crippen LogP contribution in [-0.4, -0.2) is 4.46 Å². The molecule has 1 aliphatic rings. The van der Waals surface area contributed by atoms with Gasteiger partial charge in [0.25, 0.3) is 0 Å².